The molecule has 0 aromatic carbocycles. The van der Waals surface area contributed by atoms with Crippen molar-refractivity contribution in [1.82, 2.24) is 10.6 Å². The topological polar surface area (TPSA) is 45.7 Å². The molecule has 0 radical (unpaired) electrons. The van der Waals surface area contributed by atoms with Crippen LogP contribution in [0.4, 0.5) is 0 Å². The van der Waals surface area contributed by atoms with E-state index >= 15 is 0 Å². The van der Waals surface area contributed by atoms with Gasteiger partial charge in [-0.1, -0.05) is 25.7 Å². The lowest BCUT2D eigenvalue weighted by molar-refractivity contribution is 0.0468. The Bertz CT molecular complexity index is 412. The fourth-order valence-corrected chi connectivity index (χ4v) is 3.36. The zero-order chi connectivity index (χ0) is 15.5. The summed E-state index contributed by atoms with van der Waals surface area (Å²) in [5.41, 5.74) is 1.26. The van der Waals surface area contributed by atoms with Crippen LogP contribution in [0.15, 0.2) is 21.8 Å². The van der Waals surface area contributed by atoms with Crippen LogP contribution in [-0.2, 0) is 11.3 Å². The summed E-state index contributed by atoms with van der Waals surface area (Å²) >= 11 is 1.71. The van der Waals surface area contributed by atoms with Gasteiger partial charge < -0.3 is 15.4 Å². The number of rotatable bonds is 7. The normalized spacial score (nSPS) is 17.2. The quantitative estimate of drug-likeness (QED) is 0.349. The molecule has 0 atom stereocenters. The summed E-state index contributed by atoms with van der Waals surface area (Å²) in [6.07, 6.45) is 8.31. The molecule has 4 nitrogen and oxygen atoms in total. The molecular formula is C17H29N3OS. The van der Waals surface area contributed by atoms with Crippen molar-refractivity contribution in [3.8, 4) is 0 Å². The molecule has 1 saturated carbocycles. The SMILES string of the molecule is CCNC(=NCc1ccsc1)NCCOC1CCCCCC1. The van der Waals surface area contributed by atoms with Crippen LogP contribution < -0.4 is 10.6 Å². The van der Waals surface area contributed by atoms with E-state index < -0.39 is 0 Å². The van der Waals surface area contributed by atoms with Crippen molar-refractivity contribution in [2.24, 2.45) is 4.99 Å². The summed E-state index contributed by atoms with van der Waals surface area (Å²) < 4.78 is 6.00. The first-order valence-corrected chi connectivity index (χ1v) is 9.47. The number of nitrogens with zero attached hydrogens (tertiary/aromatic N) is 1. The molecule has 2 rings (SSSR count). The highest BCUT2D eigenvalue weighted by atomic mass is 32.1. The highest BCUT2D eigenvalue weighted by Gasteiger charge is 2.12. The van der Waals surface area contributed by atoms with Gasteiger partial charge in [-0.05, 0) is 42.2 Å². The molecule has 0 saturated heterocycles. The molecule has 5 heteroatoms. The maximum atomic E-state index is 6.00. The van der Waals surface area contributed by atoms with E-state index in [2.05, 4.69) is 39.4 Å². The van der Waals surface area contributed by atoms with Gasteiger partial charge in [0.15, 0.2) is 5.96 Å². The third-order valence-corrected chi connectivity index (χ3v) is 4.63. The average molecular weight is 324 g/mol. The Labute approximate surface area is 138 Å². The average Bonchev–Trinajstić information content (AvgIpc) is 2.92. The Morgan fingerprint density at radius 3 is 2.77 bits per heavy atom. The zero-order valence-corrected chi connectivity index (χ0v) is 14.5. The molecule has 22 heavy (non-hydrogen) atoms. The van der Waals surface area contributed by atoms with Gasteiger partial charge in [-0.2, -0.15) is 11.3 Å². The Balaban J connectivity index is 1.66. The van der Waals surface area contributed by atoms with Crippen molar-refractivity contribution in [3.05, 3.63) is 22.4 Å². The van der Waals surface area contributed by atoms with Gasteiger partial charge in [0, 0.05) is 13.1 Å². The predicted molar refractivity (Wildman–Crippen MR) is 94.6 cm³/mol. The first kappa shape index (κ1) is 17.3. The first-order valence-electron chi connectivity index (χ1n) is 8.53. The Morgan fingerprint density at radius 1 is 1.27 bits per heavy atom. The summed E-state index contributed by atoms with van der Waals surface area (Å²) in [4.78, 5) is 4.60. The molecule has 1 aromatic rings. The number of guanidine groups is 1. The third-order valence-electron chi connectivity index (χ3n) is 3.89. The van der Waals surface area contributed by atoms with Crippen LogP contribution in [0, 0.1) is 0 Å². The van der Waals surface area contributed by atoms with Crippen LogP contribution in [0.5, 0.6) is 0 Å². The number of hydrogen-bond acceptors (Lipinski definition) is 3. The van der Waals surface area contributed by atoms with E-state index in [1.54, 1.807) is 11.3 Å². The summed E-state index contributed by atoms with van der Waals surface area (Å²) in [5, 5.41) is 10.9. The van der Waals surface area contributed by atoms with E-state index in [4.69, 9.17) is 4.74 Å². The molecule has 124 valence electrons. The second-order valence-electron chi connectivity index (χ2n) is 5.74. The fraction of sp³-hybridized carbons (Fsp3) is 0.706. The van der Waals surface area contributed by atoms with E-state index in [1.165, 1.54) is 44.1 Å². The molecule has 1 aromatic heterocycles. The number of hydrogen-bond donors (Lipinski definition) is 2. The molecule has 0 spiro atoms. The number of thiophene rings is 1. The van der Waals surface area contributed by atoms with Gasteiger partial charge in [0.2, 0.25) is 0 Å². The number of ether oxygens (including phenoxy) is 1. The molecule has 0 aliphatic heterocycles. The van der Waals surface area contributed by atoms with Gasteiger partial charge in [-0.3, -0.25) is 0 Å². The number of nitrogens with one attached hydrogen (secondary N) is 2. The molecule has 1 aliphatic rings. The monoisotopic (exact) mass is 323 g/mol. The summed E-state index contributed by atoms with van der Waals surface area (Å²) in [6.45, 7) is 5.25. The van der Waals surface area contributed by atoms with Gasteiger partial charge in [0.05, 0.1) is 19.3 Å². The predicted octanol–water partition coefficient (Wildman–Crippen LogP) is 3.54. The maximum absolute atomic E-state index is 6.00. The van der Waals surface area contributed by atoms with E-state index in [-0.39, 0.29) is 0 Å². The van der Waals surface area contributed by atoms with Gasteiger partial charge in [-0.15, -0.1) is 0 Å². The van der Waals surface area contributed by atoms with Crippen molar-refractivity contribution in [3.63, 3.8) is 0 Å². The Morgan fingerprint density at radius 2 is 2.09 bits per heavy atom. The van der Waals surface area contributed by atoms with Crippen LogP contribution >= 0.6 is 11.3 Å². The van der Waals surface area contributed by atoms with Crippen LogP contribution in [-0.4, -0.2) is 31.8 Å². The van der Waals surface area contributed by atoms with E-state index in [0.717, 1.165) is 32.2 Å². The summed E-state index contributed by atoms with van der Waals surface area (Å²) in [6, 6.07) is 2.12. The second kappa shape index (κ2) is 10.6. The minimum Gasteiger partial charge on any atom is -0.376 e. The minimum absolute atomic E-state index is 0.467. The second-order valence-corrected chi connectivity index (χ2v) is 6.52. The van der Waals surface area contributed by atoms with E-state index in [0.29, 0.717) is 6.10 Å². The van der Waals surface area contributed by atoms with Gasteiger partial charge in [0.1, 0.15) is 0 Å². The molecular weight excluding hydrogens is 294 g/mol. The Hall–Kier alpha value is -1.07. The van der Waals surface area contributed by atoms with Gasteiger partial charge in [-0.25, -0.2) is 4.99 Å². The van der Waals surface area contributed by atoms with E-state index in [1.807, 2.05) is 0 Å². The smallest absolute Gasteiger partial charge is 0.191 e. The number of aliphatic imine (C=N–C) groups is 1. The van der Waals surface area contributed by atoms with Crippen LogP contribution in [0.1, 0.15) is 51.0 Å². The zero-order valence-electron chi connectivity index (χ0n) is 13.6. The molecule has 1 aliphatic carbocycles. The lowest BCUT2D eigenvalue weighted by Crippen LogP contribution is -2.39. The van der Waals surface area contributed by atoms with Gasteiger partial charge >= 0.3 is 0 Å². The van der Waals surface area contributed by atoms with E-state index in [9.17, 15) is 0 Å². The molecule has 0 amide bonds. The maximum Gasteiger partial charge on any atom is 0.191 e. The molecule has 0 bridgehead atoms. The highest BCUT2D eigenvalue weighted by Crippen LogP contribution is 2.19. The highest BCUT2D eigenvalue weighted by molar-refractivity contribution is 7.07. The Kier molecular flexibility index (Phi) is 8.35. The molecule has 1 heterocycles. The van der Waals surface area contributed by atoms with Crippen molar-refractivity contribution >= 4 is 17.3 Å². The molecule has 2 N–H and O–H groups in total. The van der Waals surface area contributed by atoms with Crippen molar-refractivity contribution < 1.29 is 4.74 Å². The third kappa shape index (κ3) is 6.79. The lowest BCUT2D eigenvalue weighted by Gasteiger charge is -2.16. The summed E-state index contributed by atoms with van der Waals surface area (Å²) in [7, 11) is 0. The standard InChI is InChI=1S/C17H29N3OS/c1-2-18-17(20-13-15-9-12-22-14-15)19-10-11-21-16-7-5-3-4-6-8-16/h9,12,14,16H,2-8,10-11,13H2,1H3,(H2,18,19,20). The van der Waals surface area contributed by atoms with Crippen molar-refractivity contribution in [2.45, 2.75) is 58.1 Å². The van der Waals surface area contributed by atoms with Crippen molar-refractivity contribution in [1.29, 1.82) is 0 Å². The largest absolute Gasteiger partial charge is 0.376 e. The first-order chi connectivity index (χ1) is 10.9. The minimum atomic E-state index is 0.467. The molecule has 1 fully saturated rings. The van der Waals surface area contributed by atoms with Crippen LogP contribution in [0.25, 0.3) is 0 Å². The fourth-order valence-electron chi connectivity index (χ4n) is 2.70. The van der Waals surface area contributed by atoms with Crippen molar-refractivity contribution in [2.75, 3.05) is 19.7 Å². The lowest BCUT2D eigenvalue weighted by atomic mass is 10.1. The molecule has 0 unspecified atom stereocenters. The van der Waals surface area contributed by atoms with Crippen LogP contribution in [0.2, 0.25) is 0 Å². The summed E-state index contributed by atoms with van der Waals surface area (Å²) in [5.74, 6) is 0.873. The van der Waals surface area contributed by atoms with Gasteiger partial charge in [0.25, 0.3) is 0 Å². The van der Waals surface area contributed by atoms with Crippen LogP contribution in [0.3, 0.4) is 0 Å².